The van der Waals surface area contributed by atoms with Crippen LogP contribution in [0.4, 0.5) is 0 Å². The fraction of sp³-hybridized carbons (Fsp3) is 0.417. The number of benzene rings is 1. The number of allylic oxidation sites excluding steroid dienone is 4. The summed E-state index contributed by atoms with van der Waals surface area (Å²) in [4.78, 5) is 30.1. The maximum Gasteiger partial charge on any atom is 0.325 e. The topological polar surface area (TPSA) is 75.0 Å². The van der Waals surface area contributed by atoms with Gasteiger partial charge < -0.3 is 9.72 Å². The van der Waals surface area contributed by atoms with Crippen molar-refractivity contribution in [2.75, 3.05) is 7.11 Å². The lowest BCUT2D eigenvalue weighted by Crippen LogP contribution is -2.31. The van der Waals surface area contributed by atoms with Crippen LogP contribution in [-0.2, 0) is 6.42 Å². The van der Waals surface area contributed by atoms with Gasteiger partial charge in [-0.1, -0.05) is 42.5 Å². The summed E-state index contributed by atoms with van der Waals surface area (Å²) in [7, 11) is 1.63. The van der Waals surface area contributed by atoms with E-state index in [1.807, 2.05) is 24.3 Å². The molecule has 29 heavy (non-hydrogen) atoms. The monoisotopic (exact) mass is 392 g/mol. The van der Waals surface area contributed by atoms with E-state index in [-0.39, 0.29) is 11.5 Å². The molecule has 152 valence electrons. The normalized spacial score (nSPS) is 23.8. The highest BCUT2D eigenvalue weighted by Crippen LogP contribution is 2.40. The van der Waals surface area contributed by atoms with Gasteiger partial charge in [0, 0.05) is 17.7 Å². The molecular weight excluding hydrogens is 364 g/mol. The van der Waals surface area contributed by atoms with Gasteiger partial charge in [-0.2, -0.15) is 0 Å². The van der Waals surface area contributed by atoms with Crippen molar-refractivity contribution < 1.29 is 4.74 Å². The summed E-state index contributed by atoms with van der Waals surface area (Å²) < 4.78 is 5.45. The molecule has 2 aromatic rings. The Morgan fingerprint density at radius 3 is 2.55 bits per heavy atom. The van der Waals surface area contributed by atoms with Crippen molar-refractivity contribution in [2.45, 2.75) is 44.4 Å². The van der Waals surface area contributed by atoms with Gasteiger partial charge in [-0.25, -0.2) is 4.79 Å². The van der Waals surface area contributed by atoms with Crippen LogP contribution in [0.15, 0.2) is 58.2 Å². The lowest BCUT2D eigenvalue weighted by molar-refractivity contribution is 0.262. The Morgan fingerprint density at radius 2 is 1.83 bits per heavy atom. The number of ether oxygens (including phenoxy) is 1. The summed E-state index contributed by atoms with van der Waals surface area (Å²) in [5, 5.41) is 0. The first kappa shape index (κ1) is 19.5. The molecule has 2 aliphatic rings. The molecule has 0 aliphatic heterocycles. The third-order valence-corrected chi connectivity index (χ3v) is 6.43. The summed E-state index contributed by atoms with van der Waals surface area (Å²) in [6, 6.07) is 7.71. The molecule has 2 aliphatic carbocycles. The molecule has 1 unspecified atom stereocenters. The summed E-state index contributed by atoms with van der Waals surface area (Å²) in [5.74, 6) is 2.27. The first-order chi connectivity index (χ1) is 14.2. The Bertz CT molecular complexity index is 1020. The van der Waals surface area contributed by atoms with Crippen LogP contribution in [0, 0.1) is 11.8 Å². The van der Waals surface area contributed by atoms with Gasteiger partial charge in [-0.15, -0.1) is 0 Å². The van der Waals surface area contributed by atoms with Crippen LogP contribution in [0.5, 0.6) is 5.75 Å². The van der Waals surface area contributed by atoms with Crippen LogP contribution >= 0.6 is 0 Å². The summed E-state index contributed by atoms with van der Waals surface area (Å²) in [6.07, 6.45) is 14.6. The second-order valence-corrected chi connectivity index (χ2v) is 8.11. The molecule has 1 aromatic heterocycles. The van der Waals surface area contributed by atoms with Crippen LogP contribution < -0.4 is 16.0 Å². The summed E-state index contributed by atoms with van der Waals surface area (Å²) >= 11 is 0. The van der Waals surface area contributed by atoms with Gasteiger partial charge in [-0.05, 0) is 61.5 Å². The summed E-state index contributed by atoms with van der Waals surface area (Å²) in [5.41, 5.74) is 1.69. The lowest BCUT2D eigenvalue weighted by Gasteiger charge is -2.33. The number of hydrogen-bond acceptors (Lipinski definition) is 3. The third-order valence-electron chi connectivity index (χ3n) is 6.43. The van der Waals surface area contributed by atoms with Gasteiger partial charge in [-0.3, -0.25) is 9.78 Å². The highest BCUT2D eigenvalue weighted by atomic mass is 16.5. The smallest absolute Gasteiger partial charge is 0.325 e. The predicted molar refractivity (Wildman–Crippen MR) is 115 cm³/mol. The highest BCUT2D eigenvalue weighted by Gasteiger charge is 2.29. The maximum atomic E-state index is 12.7. The Morgan fingerprint density at radius 1 is 1.03 bits per heavy atom. The van der Waals surface area contributed by atoms with E-state index >= 15 is 0 Å². The van der Waals surface area contributed by atoms with Crippen LogP contribution in [0.25, 0.3) is 0 Å². The molecule has 1 saturated carbocycles. The Balaban J connectivity index is 1.58. The molecule has 0 saturated heterocycles. The highest BCUT2D eigenvalue weighted by molar-refractivity contribution is 5.38. The van der Waals surface area contributed by atoms with Gasteiger partial charge in [0.1, 0.15) is 5.75 Å². The molecule has 2 N–H and O–H groups in total. The van der Waals surface area contributed by atoms with Gasteiger partial charge in [0.25, 0.3) is 5.56 Å². The van der Waals surface area contributed by atoms with E-state index in [1.165, 1.54) is 0 Å². The van der Waals surface area contributed by atoms with Crippen molar-refractivity contribution in [1.29, 1.82) is 0 Å². The van der Waals surface area contributed by atoms with Crippen LogP contribution in [0.2, 0.25) is 0 Å². The molecule has 5 nitrogen and oxygen atoms in total. The number of H-pyrrole nitrogens is 2. The molecule has 1 atom stereocenters. The van der Waals surface area contributed by atoms with E-state index in [0.717, 1.165) is 49.1 Å². The van der Waals surface area contributed by atoms with E-state index in [2.05, 4.69) is 34.3 Å². The van der Waals surface area contributed by atoms with E-state index in [9.17, 15) is 9.59 Å². The number of nitrogens with one attached hydrogen (secondary N) is 2. The molecule has 0 bridgehead atoms. The fourth-order valence-electron chi connectivity index (χ4n) is 4.88. The standard InChI is InChI=1S/C24H28N2O3/c1-29-21-10-6-5-9-19(21)15-20-22(25-24(28)26-23(20)27)18-13-11-17(12-14-18)16-7-3-2-4-8-16/h2-7,9-10,16-18H,8,11-15H2,1H3,(H2,25,26,27,28). The number of hydrogen-bond donors (Lipinski definition) is 2. The molecule has 0 radical (unpaired) electrons. The van der Waals surface area contributed by atoms with Gasteiger partial charge in [0.2, 0.25) is 0 Å². The Labute approximate surface area is 170 Å². The first-order valence-corrected chi connectivity index (χ1v) is 10.5. The second kappa shape index (κ2) is 8.68. The van der Waals surface area contributed by atoms with Gasteiger partial charge in [0.15, 0.2) is 0 Å². The minimum Gasteiger partial charge on any atom is -0.496 e. The zero-order chi connectivity index (χ0) is 20.2. The van der Waals surface area contributed by atoms with E-state index in [1.54, 1.807) is 7.11 Å². The minimum atomic E-state index is -0.420. The molecule has 0 amide bonds. The van der Waals surface area contributed by atoms with Crippen molar-refractivity contribution >= 4 is 0 Å². The number of aromatic amines is 2. The Hall–Kier alpha value is -2.82. The first-order valence-electron chi connectivity index (χ1n) is 10.5. The molecule has 1 fully saturated rings. The lowest BCUT2D eigenvalue weighted by atomic mass is 9.72. The van der Waals surface area contributed by atoms with Crippen molar-refractivity contribution in [2.24, 2.45) is 11.8 Å². The van der Waals surface area contributed by atoms with E-state index in [4.69, 9.17) is 4.74 Å². The van der Waals surface area contributed by atoms with E-state index < -0.39 is 5.69 Å². The molecule has 5 heteroatoms. The third kappa shape index (κ3) is 4.29. The summed E-state index contributed by atoms with van der Waals surface area (Å²) in [6.45, 7) is 0. The minimum absolute atomic E-state index is 0.217. The average Bonchev–Trinajstić information content (AvgIpc) is 2.76. The zero-order valence-electron chi connectivity index (χ0n) is 16.8. The number of rotatable bonds is 5. The van der Waals surface area contributed by atoms with Gasteiger partial charge in [0.05, 0.1) is 7.11 Å². The number of methoxy groups -OCH3 is 1. The van der Waals surface area contributed by atoms with Gasteiger partial charge >= 0.3 is 5.69 Å². The molecule has 4 rings (SSSR count). The molecule has 1 heterocycles. The van der Waals surface area contributed by atoms with Crippen LogP contribution in [0.1, 0.15) is 54.8 Å². The van der Waals surface area contributed by atoms with Crippen LogP contribution in [-0.4, -0.2) is 17.1 Å². The molecular formula is C24H28N2O3. The largest absolute Gasteiger partial charge is 0.496 e. The second-order valence-electron chi connectivity index (χ2n) is 8.11. The van der Waals surface area contributed by atoms with Crippen molar-refractivity contribution in [3.05, 3.63) is 86.2 Å². The Kier molecular flexibility index (Phi) is 5.84. The maximum absolute atomic E-state index is 12.7. The fourth-order valence-corrected chi connectivity index (χ4v) is 4.88. The van der Waals surface area contributed by atoms with Crippen molar-refractivity contribution in [3.63, 3.8) is 0 Å². The zero-order valence-corrected chi connectivity index (χ0v) is 16.8. The SMILES string of the molecule is COc1ccccc1Cc1c(C2CCC(C3C=CC=CC3)CC2)[nH]c(=O)[nH]c1=O. The average molecular weight is 392 g/mol. The predicted octanol–water partition coefficient (Wildman–Crippen LogP) is 4.07. The number of para-hydroxylation sites is 1. The van der Waals surface area contributed by atoms with Crippen molar-refractivity contribution in [1.82, 2.24) is 9.97 Å². The number of aromatic nitrogens is 2. The quantitative estimate of drug-likeness (QED) is 0.805. The van der Waals surface area contributed by atoms with E-state index in [0.29, 0.717) is 23.8 Å². The molecule has 1 aromatic carbocycles. The van der Waals surface area contributed by atoms with Crippen molar-refractivity contribution in [3.8, 4) is 5.75 Å². The molecule has 0 spiro atoms. The van der Waals surface area contributed by atoms with Crippen LogP contribution in [0.3, 0.4) is 0 Å².